The molecule has 0 saturated heterocycles. The van der Waals surface area contributed by atoms with E-state index in [4.69, 9.17) is 4.74 Å². The van der Waals surface area contributed by atoms with E-state index in [2.05, 4.69) is 20.9 Å². The lowest BCUT2D eigenvalue weighted by molar-refractivity contribution is 0.0738. The minimum atomic E-state index is -0.391. The molecule has 0 bridgehead atoms. The molecule has 1 aromatic carbocycles. The van der Waals surface area contributed by atoms with Gasteiger partial charge in [0.2, 0.25) is 5.56 Å². The number of Topliss-reactive ketones (excluding diaryl/α,β-unsaturated/α-hetero) is 1. The van der Waals surface area contributed by atoms with Crippen LogP contribution in [0.4, 0.5) is 4.39 Å². The van der Waals surface area contributed by atoms with E-state index in [9.17, 15) is 14.0 Å². The van der Waals surface area contributed by atoms with Gasteiger partial charge in [-0.25, -0.2) is 4.39 Å². The van der Waals surface area contributed by atoms with Gasteiger partial charge in [0.15, 0.2) is 5.78 Å². The molecule has 1 aliphatic carbocycles. The van der Waals surface area contributed by atoms with Crippen LogP contribution in [0.5, 0.6) is 0 Å². The topological polar surface area (TPSA) is 59.2 Å². The van der Waals surface area contributed by atoms with Crippen LogP contribution >= 0.6 is 15.9 Å². The van der Waals surface area contributed by atoms with Crippen molar-refractivity contribution >= 4 is 21.7 Å². The third-order valence-electron chi connectivity index (χ3n) is 3.97. The van der Waals surface area contributed by atoms with E-state index >= 15 is 0 Å². The third kappa shape index (κ3) is 4.39. The number of nitrogens with one attached hydrogen (secondary N) is 1. The standard InChI is InChI=1S/C18H17BrFNO3/c19-13-4-3-12(15(20)8-13)7-16-14(5-6-18(23)21-16)17(22)10-24-9-11-1-2-11/h3-6,8,11H,1-2,7,9-10H2,(H,21,23). The number of H-pyrrole nitrogens is 1. The van der Waals surface area contributed by atoms with Gasteiger partial charge in [-0.2, -0.15) is 0 Å². The largest absolute Gasteiger partial charge is 0.373 e. The van der Waals surface area contributed by atoms with Crippen molar-refractivity contribution in [3.63, 3.8) is 0 Å². The van der Waals surface area contributed by atoms with Gasteiger partial charge in [0.25, 0.3) is 0 Å². The quantitative estimate of drug-likeness (QED) is 0.732. The van der Waals surface area contributed by atoms with Crippen LogP contribution < -0.4 is 5.56 Å². The Kier molecular flexibility index (Phi) is 5.26. The van der Waals surface area contributed by atoms with Gasteiger partial charge >= 0.3 is 0 Å². The summed E-state index contributed by atoms with van der Waals surface area (Å²) in [6, 6.07) is 7.49. The van der Waals surface area contributed by atoms with Gasteiger partial charge in [-0.1, -0.05) is 22.0 Å². The molecule has 4 nitrogen and oxygen atoms in total. The second-order valence-corrected chi connectivity index (χ2v) is 6.92. The van der Waals surface area contributed by atoms with Gasteiger partial charge in [-0.15, -0.1) is 0 Å². The van der Waals surface area contributed by atoms with Crippen molar-refractivity contribution in [3.8, 4) is 0 Å². The van der Waals surface area contributed by atoms with Crippen LogP contribution in [0.25, 0.3) is 0 Å². The zero-order chi connectivity index (χ0) is 17.1. The maximum absolute atomic E-state index is 14.0. The summed E-state index contributed by atoms with van der Waals surface area (Å²) in [6.07, 6.45) is 2.45. The summed E-state index contributed by atoms with van der Waals surface area (Å²) in [4.78, 5) is 26.6. The van der Waals surface area contributed by atoms with Gasteiger partial charge in [0.05, 0.1) is 6.61 Å². The number of benzene rings is 1. The molecule has 0 aliphatic heterocycles. The van der Waals surface area contributed by atoms with Crippen molar-refractivity contribution in [1.82, 2.24) is 4.98 Å². The number of aromatic nitrogens is 1. The van der Waals surface area contributed by atoms with Gasteiger partial charge in [0.1, 0.15) is 12.4 Å². The average molecular weight is 394 g/mol. The van der Waals surface area contributed by atoms with Crippen LogP contribution in [0, 0.1) is 11.7 Å². The number of ketones is 1. The first-order chi connectivity index (χ1) is 11.5. The Bertz CT molecular complexity index is 814. The molecule has 1 fully saturated rings. The number of halogens is 2. The summed E-state index contributed by atoms with van der Waals surface area (Å²) in [5, 5.41) is 0. The number of hydrogen-bond donors (Lipinski definition) is 1. The molecule has 0 atom stereocenters. The number of rotatable bonds is 7. The van der Waals surface area contributed by atoms with Crippen molar-refractivity contribution < 1.29 is 13.9 Å². The predicted octanol–water partition coefficient (Wildman–Crippen LogP) is 3.48. The third-order valence-corrected chi connectivity index (χ3v) is 4.46. The summed E-state index contributed by atoms with van der Waals surface area (Å²) >= 11 is 3.21. The lowest BCUT2D eigenvalue weighted by Crippen LogP contribution is -2.18. The van der Waals surface area contributed by atoms with Gasteiger partial charge in [-0.05, 0) is 42.5 Å². The van der Waals surface area contributed by atoms with Gasteiger partial charge in [-0.3, -0.25) is 9.59 Å². The fourth-order valence-corrected chi connectivity index (χ4v) is 2.79. The highest BCUT2D eigenvalue weighted by molar-refractivity contribution is 9.10. The van der Waals surface area contributed by atoms with Crippen LogP contribution in [-0.2, 0) is 11.2 Å². The summed E-state index contributed by atoms with van der Waals surface area (Å²) in [6.45, 7) is 0.560. The number of ether oxygens (including phenoxy) is 1. The van der Waals surface area contributed by atoms with Crippen molar-refractivity contribution in [2.75, 3.05) is 13.2 Å². The Morgan fingerprint density at radius 3 is 2.79 bits per heavy atom. The van der Waals surface area contributed by atoms with E-state index in [-0.39, 0.29) is 24.4 Å². The minimum Gasteiger partial charge on any atom is -0.373 e. The molecule has 1 aliphatic rings. The van der Waals surface area contributed by atoms with Gasteiger partial charge < -0.3 is 9.72 Å². The second-order valence-electron chi connectivity index (χ2n) is 6.01. The Balaban J connectivity index is 1.79. The van der Waals surface area contributed by atoms with Gasteiger partial charge in [0, 0.05) is 28.2 Å². The highest BCUT2D eigenvalue weighted by Gasteiger charge is 2.22. The highest BCUT2D eigenvalue weighted by atomic mass is 79.9. The van der Waals surface area contributed by atoms with Crippen molar-refractivity contribution in [3.05, 3.63) is 67.8 Å². The van der Waals surface area contributed by atoms with Crippen LogP contribution in [0.1, 0.15) is 34.5 Å². The van der Waals surface area contributed by atoms with Crippen LogP contribution in [0.2, 0.25) is 0 Å². The van der Waals surface area contributed by atoms with Crippen LogP contribution in [-0.4, -0.2) is 24.0 Å². The summed E-state index contributed by atoms with van der Waals surface area (Å²) < 4.78 is 20.1. The lowest BCUT2D eigenvalue weighted by atomic mass is 10.0. The SMILES string of the molecule is O=C(COCC1CC1)c1ccc(=O)[nH]c1Cc1ccc(Br)cc1F. The zero-order valence-electron chi connectivity index (χ0n) is 13.0. The fourth-order valence-electron chi connectivity index (χ4n) is 2.45. The molecule has 6 heteroatoms. The first-order valence-electron chi connectivity index (χ1n) is 7.80. The van der Waals surface area contributed by atoms with Crippen LogP contribution in [0.15, 0.2) is 39.6 Å². The summed E-state index contributed by atoms with van der Waals surface area (Å²) in [5.74, 6) is -0.0263. The molecule has 24 heavy (non-hydrogen) atoms. The van der Waals surface area contributed by atoms with E-state index < -0.39 is 5.82 Å². The zero-order valence-corrected chi connectivity index (χ0v) is 14.6. The molecule has 0 unspecified atom stereocenters. The van der Waals surface area contributed by atoms with E-state index in [1.165, 1.54) is 18.2 Å². The van der Waals surface area contributed by atoms with Crippen molar-refractivity contribution in [1.29, 1.82) is 0 Å². The highest BCUT2D eigenvalue weighted by Crippen LogP contribution is 2.28. The molecule has 1 heterocycles. The van der Waals surface area contributed by atoms with Crippen molar-refractivity contribution in [2.45, 2.75) is 19.3 Å². The Morgan fingerprint density at radius 1 is 1.29 bits per heavy atom. The first kappa shape index (κ1) is 17.0. The Labute approximate surface area is 147 Å². The maximum Gasteiger partial charge on any atom is 0.248 e. The molecule has 0 amide bonds. The molecule has 0 radical (unpaired) electrons. The van der Waals surface area contributed by atoms with Crippen LogP contribution in [0.3, 0.4) is 0 Å². The van der Waals surface area contributed by atoms with Crippen molar-refractivity contribution in [2.24, 2.45) is 5.92 Å². The van der Waals surface area contributed by atoms with E-state index in [1.807, 2.05) is 0 Å². The fraction of sp³-hybridized carbons (Fsp3) is 0.333. The second kappa shape index (κ2) is 7.40. The molecule has 1 N–H and O–H groups in total. The maximum atomic E-state index is 14.0. The predicted molar refractivity (Wildman–Crippen MR) is 91.8 cm³/mol. The number of carbonyl (C=O) groups excluding carboxylic acids is 1. The molecule has 0 spiro atoms. The molecule has 1 saturated carbocycles. The van der Waals surface area contributed by atoms with E-state index in [0.29, 0.717) is 33.8 Å². The molecular formula is C18H17BrFNO3. The number of carbonyl (C=O) groups is 1. The summed E-state index contributed by atoms with van der Waals surface area (Å²) in [5.41, 5.74) is 0.863. The number of pyridine rings is 1. The minimum absolute atomic E-state index is 0.0294. The van der Waals surface area contributed by atoms with E-state index in [0.717, 1.165) is 12.8 Å². The first-order valence-corrected chi connectivity index (χ1v) is 8.59. The molecule has 126 valence electrons. The Morgan fingerprint density at radius 2 is 2.08 bits per heavy atom. The monoisotopic (exact) mass is 393 g/mol. The summed E-state index contributed by atoms with van der Waals surface area (Å²) in [7, 11) is 0. The average Bonchev–Trinajstić information content (AvgIpc) is 3.34. The number of aromatic amines is 1. The number of hydrogen-bond acceptors (Lipinski definition) is 3. The smallest absolute Gasteiger partial charge is 0.248 e. The molecule has 1 aromatic heterocycles. The normalized spacial score (nSPS) is 13.9. The molecule has 3 rings (SSSR count). The Hall–Kier alpha value is -1.79. The molecule has 2 aromatic rings. The van der Waals surface area contributed by atoms with E-state index in [1.54, 1.807) is 12.1 Å². The molecular weight excluding hydrogens is 377 g/mol. The lowest BCUT2D eigenvalue weighted by Gasteiger charge is -2.10.